The Balaban J connectivity index is 1.92. The summed E-state index contributed by atoms with van der Waals surface area (Å²) in [7, 11) is 0. The number of anilines is 1. The third-order valence-corrected chi connectivity index (χ3v) is 3.25. The van der Waals surface area contributed by atoms with Crippen molar-refractivity contribution in [2.45, 2.75) is 11.3 Å². The lowest BCUT2D eigenvalue weighted by Crippen LogP contribution is -2.14. The Morgan fingerprint density at radius 1 is 1.18 bits per heavy atom. The van der Waals surface area contributed by atoms with Gasteiger partial charge in [0, 0.05) is 11.9 Å². The summed E-state index contributed by atoms with van der Waals surface area (Å²) in [6.45, 7) is 0. The van der Waals surface area contributed by atoms with Crippen molar-refractivity contribution < 1.29 is 22.4 Å². The summed E-state index contributed by atoms with van der Waals surface area (Å²) in [6, 6.07) is 5.86. The van der Waals surface area contributed by atoms with E-state index < -0.39 is 23.6 Å². The van der Waals surface area contributed by atoms with E-state index in [9.17, 15) is 22.4 Å². The number of benzene rings is 1. The lowest BCUT2D eigenvalue weighted by Gasteiger charge is -2.07. The van der Waals surface area contributed by atoms with Gasteiger partial charge in [-0.1, -0.05) is 11.8 Å². The number of amides is 1. The van der Waals surface area contributed by atoms with Crippen molar-refractivity contribution >= 4 is 23.4 Å². The number of carbonyl (C=O) groups is 1. The summed E-state index contributed by atoms with van der Waals surface area (Å²) in [6.07, 6.45) is -3.58. The molecule has 1 aromatic carbocycles. The first-order valence-corrected chi connectivity index (χ1v) is 6.91. The van der Waals surface area contributed by atoms with Crippen molar-refractivity contribution in [3.05, 3.63) is 48.0 Å². The molecule has 1 heterocycles. The van der Waals surface area contributed by atoms with E-state index in [0.29, 0.717) is 5.69 Å². The van der Waals surface area contributed by atoms with Gasteiger partial charge < -0.3 is 5.32 Å². The smallest absolute Gasteiger partial charge is 0.325 e. The molecule has 0 atom stereocenters. The van der Waals surface area contributed by atoms with Crippen LogP contribution < -0.4 is 5.32 Å². The molecule has 0 radical (unpaired) electrons. The highest BCUT2D eigenvalue weighted by Crippen LogP contribution is 2.28. The fourth-order valence-corrected chi connectivity index (χ4v) is 2.06. The van der Waals surface area contributed by atoms with Gasteiger partial charge in [0.1, 0.15) is 11.5 Å². The molecular weight excluding hydrogens is 322 g/mol. The van der Waals surface area contributed by atoms with Gasteiger partial charge in [0.15, 0.2) is 5.16 Å². The summed E-state index contributed by atoms with van der Waals surface area (Å²) in [4.78, 5) is 18.6. The van der Waals surface area contributed by atoms with E-state index in [2.05, 4.69) is 15.3 Å². The molecule has 0 fully saturated rings. The van der Waals surface area contributed by atoms with Crippen LogP contribution in [0.5, 0.6) is 0 Å². The molecule has 0 spiro atoms. The fraction of sp³-hybridized carbons (Fsp3) is 0.154. The van der Waals surface area contributed by atoms with Gasteiger partial charge in [0.25, 0.3) is 0 Å². The lowest BCUT2D eigenvalue weighted by molar-refractivity contribution is -0.141. The number of thioether (sulfide) groups is 1. The quantitative estimate of drug-likeness (QED) is 0.530. The number of alkyl halides is 3. The molecule has 2 aromatic rings. The van der Waals surface area contributed by atoms with Crippen LogP contribution in [-0.2, 0) is 11.0 Å². The van der Waals surface area contributed by atoms with Gasteiger partial charge in [0.2, 0.25) is 5.91 Å². The molecule has 0 bridgehead atoms. The summed E-state index contributed by atoms with van der Waals surface area (Å²) in [5, 5.41) is 2.33. The molecule has 22 heavy (non-hydrogen) atoms. The van der Waals surface area contributed by atoms with E-state index in [0.717, 1.165) is 24.0 Å². The zero-order valence-corrected chi connectivity index (χ0v) is 11.7. The lowest BCUT2D eigenvalue weighted by atomic mass is 10.3. The number of hydrogen-bond donors (Lipinski definition) is 1. The van der Waals surface area contributed by atoms with Crippen LogP contribution in [-0.4, -0.2) is 21.6 Å². The standard InChI is InChI=1S/C13H9F4N3OS/c14-8-1-3-9(4-2-8)19-11(21)7-22-12-18-6-5-10(20-12)13(15,16)17/h1-6H,7H2,(H,19,21). The van der Waals surface area contributed by atoms with Crippen LogP contribution in [0.4, 0.5) is 23.2 Å². The summed E-state index contributed by atoms with van der Waals surface area (Å²) >= 11 is 0.773. The van der Waals surface area contributed by atoms with E-state index in [1.54, 1.807) is 0 Å². The third-order valence-electron chi connectivity index (χ3n) is 2.38. The number of aromatic nitrogens is 2. The van der Waals surface area contributed by atoms with E-state index in [1.165, 1.54) is 24.3 Å². The Hall–Kier alpha value is -2.16. The van der Waals surface area contributed by atoms with E-state index in [-0.39, 0.29) is 10.9 Å². The third kappa shape index (κ3) is 4.69. The second-order valence-corrected chi connectivity index (χ2v) is 5.01. The summed E-state index contributed by atoms with van der Waals surface area (Å²) in [5.74, 6) is -1.07. The van der Waals surface area contributed by atoms with Crippen molar-refractivity contribution in [3.8, 4) is 0 Å². The van der Waals surface area contributed by atoms with Crippen molar-refractivity contribution in [2.24, 2.45) is 0 Å². The molecular formula is C13H9F4N3OS. The molecule has 0 aliphatic rings. The summed E-state index contributed by atoms with van der Waals surface area (Å²) in [5.41, 5.74) is -0.680. The van der Waals surface area contributed by atoms with Gasteiger partial charge in [0.05, 0.1) is 5.75 Å². The highest BCUT2D eigenvalue weighted by molar-refractivity contribution is 7.99. The Bertz CT molecular complexity index is 661. The minimum atomic E-state index is -4.56. The molecule has 1 amide bonds. The zero-order valence-electron chi connectivity index (χ0n) is 10.9. The Morgan fingerprint density at radius 3 is 2.50 bits per heavy atom. The Morgan fingerprint density at radius 2 is 1.86 bits per heavy atom. The van der Waals surface area contributed by atoms with Crippen LogP contribution in [0.3, 0.4) is 0 Å². The number of nitrogens with zero attached hydrogens (tertiary/aromatic N) is 2. The van der Waals surface area contributed by atoms with Crippen LogP contribution in [0, 0.1) is 5.82 Å². The number of rotatable bonds is 4. The minimum absolute atomic E-state index is 0.149. The first kappa shape index (κ1) is 16.2. The van der Waals surface area contributed by atoms with E-state index >= 15 is 0 Å². The molecule has 116 valence electrons. The topological polar surface area (TPSA) is 54.9 Å². The average Bonchev–Trinajstić information content (AvgIpc) is 2.47. The summed E-state index contributed by atoms with van der Waals surface area (Å²) < 4.78 is 50.1. The highest BCUT2D eigenvalue weighted by atomic mass is 32.2. The van der Waals surface area contributed by atoms with Crippen LogP contribution >= 0.6 is 11.8 Å². The van der Waals surface area contributed by atoms with Gasteiger partial charge in [-0.15, -0.1) is 0 Å². The molecule has 2 rings (SSSR count). The highest BCUT2D eigenvalue weighted by Gasteiger charge is 2.32. The number of hydrogen-bond acceptors (Lipinski definition) is 4. The maximum absolute atomic E-state index is 12.7. The molecule has 0 saturated heterocycles. The predicted molar refractivity (Wildman–Crippen MR) is 72.8 cm³/mol. The van der Waals surface area contributed by atoms with E-state index in [1.807, 2.05) is 0 Å². The molecule has 4 nitrogen and oxygen atoms in total. The first-order chi connectivity index (χ1) is 10.3. The normalized spacial score (nSPS) is 11.3. The van der Waals surface area contributed by atoms with Crippen LogP contribution in [0.15, 0.2) is 41.7 Å². The van der Waals surface area contributed by atoms with Crippen LogP contribution in [0.25, 0.3) is 0 Å². The molecule has 0 aliphatic carbocycles. The van der Waals surface area contributed by atoms with Gasteiger partial charge in [-0.05, 0) is 30.3 Å². The largest absolute Gasteiger partial charge is 0.433 e. The Labute approximate surface area is 127 Å². The van der Waals surface area contributed by atoms with Crippen molar-refractivity contribution in [3.63, 3.8) is 0 Å². The molecule has 1 aromatic heterocycles. The van der Waals surface area contributed by atoms with Gasteiger partial charge in [-0.2, -0.15) is 13.2 Å². The molecule has 0 aliphatic heterocycles. The number of carbonyl (C=O) groups excluding carboxylic acids is 1. The van der Waals surface area contributed by atoms with Gasteiger partial charge in [-0.25, -0.2) is 14.4 Å². The molecule has 0 unspecified atom stereocenters. The Kier molecular flexibility index (Phi) is 4.96. The maximum atomic E-state index is 12.7. The van der Waals surface area contributed by atoms with Crippen molar-refractivity contribution in [1.82, 2.24) is 9.97 Å². The average molecular weight is 331 g/mol. The van der Waals surface area contributed by atoms with Crippen molar-refractivity contribution in [1.29, 1.82) is 0 Å². The maximum Gasteiger partial charge on any atom is 0.433 e. The number of halogens is 4. The van der Waals surface area contributed by atoms with Gasteiger partial charge >= 0.3 is 6.18 Å². The van der Waals surface area contributed by atoms with Gasteiger partial charge in [-0.3, -0.25) is 4.79 Å². The second kappa shape index (κ2) is 6.73. The second-order valence-electron chi connectivity index (χ2n) is 4.07. The SMILES string of the molecule is O=C(CSc1nccc(C(F)(F)F)n1)Nc1ccc(F)cc1. The molecule has 9 heteroatoms. The monoisotopic (exact) mass is 331 g/mol. The minimum Gasteiger partial charge on any atom is -0.325 e. The molecule has 1 N–H and O–H groups in total. The molecule has 0 saturated carbocycles. The first-order valence-electron chi connectivity index (χ1n) is 5.93. The van der Waals surface area contributed by atoms with Crippen LogP contribution in [0.1, 0.15) is 5.69 Å². The fourth-order valence-electron chi connectivity index (χ4n) is 1.43. The zero-order chi connectivity index (χ0) is 16.2. The predicted octanol–water partition coefficient (Wildman–Crippen LogP) is 3.37. The number of nitrogens with one attached hydrogen (secondary N) is 1. The van der Waals surface area contributed by atoms with E-state index in [4.69, 9.17) is 0 Å². The van der Waals surface area contributed by atoms with Crippen molar-refractivity contribution in [2.75, 3.05) is 11.1 Å². The van der Waals surface area contributed by atoms with Crippen LogP contribution in [0.2, 0.25) is 0 Å².